The second-order valence-corrected chi connectivity index (χ2v) is 2.07. The number of carbonyl (C=O) groups is 1. The maximum absolute atomic E-state index is 11.0. The summed E-state index contributed by atoms with van der Waals surface area (Å²) >= 11 is 0. The van der Waals surface area contributed by atoms with Crippen LogP contribution in [0.25, 0.3) is 0 Å². The summed E-state index contributed by atoms with van der Waals surface area (Å²) in [4.78, 5) is 11.0. The molecule has 0 bridgehead atoms. The van der Waals surface area contributed by atoms with Crippen molar-refractivity contribution in [1.82, 2.24) is 5.16 Å². The normalized spacial score (nSPS) is 9.80. The SMILES string of the molecule is CCC(=O)c1cnoc1C. The van der Waals surface area contributed by atoms with Crippen molar-refractivity contribution in [3.8, 4) is 0 Å². The van der Waals surface area contributed by atoms with Crippen molar-refractivity contribution in [2.24, 2.45) is 0 Å². The molecule has 0 aliphatic heterocycles. The molecule has 0 radical (unpaired) electrons. The number of hydrogen-bond donors (Lipinski definition) is 0. The zero-order valence-electron chi connectivity index (χ0n) is 6.05. The minimum absolute atomic E-state index is 0.0822. The fourth-order valence-electron chi connectivity index (χ4n) is 0.757. The van der Waals surface area contributed by atoms with Gasteiger partial charge in [-0.25, -0.2) is 0 Å². The Morgan fingerprint density at radius 2 is 2.50 bits per heavy atom. The first-order chi connectivity index (χ1) is 4.75. The molecule has 0 unspecified atom stereocenters. The number of carbonyl (C=O) groups excluding carboxylic acids is 1. The number of rotatable bonds is 2. The van der Waals surface area contributed by atoms with Crippen molar-refractivity contribution in [3.05, 3.63) is 17.5 Å². The third kappa shape index (κ3) is 1.07. The zero-order valence-corrected chi connectivity index (χ0v) is 6.05. The van der Waals surface area contributed by atoms with E-state index >= 15 is 0 Å². The van der Waals surface area contributed by atoms with Crippen molar-refractivity contribution in [1.29, 1.82) is 0 Å². The monoisotopic (exact) mass is 139 g/mol. The topological polar surface area (TPSA) is 43.1 Å². The lowest BCUT2D eigenvalue weighted by molar-refractivity contribution is 0.0986. The smallest absolute Gasteiger partial charge is 0.167 e. The number of hydrogen-bond acceptors (Lipinski definition) is 3. The predicted octanol–water partition coefficient (Wildman–Crippen LogP) is 1.58. The minimum Gasteiger partial charge on any atom is -0.361 e. The Morgan fingerprint density at radius 3 is 2.90 bits per heavy atom. The lowest BCUT2D eigenvalue weighted by Crippen LogP contribution is -1.95. The third-order valence-electron chi connectivity index (χ3n) is 1.37. The van der Waals surface area contributed by atoms with E-state index < -0.39 is 0 Å². The van der Waals surface area contributed by atoms with Crippen LogP contribution in [0.15, 0.2) is 10.7 Å². The van der Waals surface area contributed by atoms with Gasteiger partial charge in [-0.15, -0.1) is 0 Å². The highest BCUT2D eigenvalue weighted by Gasteiger charge is 2.09. The predicted molar refractivity (Wildman–Crippen MR) is 35.9 cm³/mol. The largest absolute Gasteiger partial charge is 0.361 e. The molecule has 10 heavy (non-hydrogen) atoms. The van der Waals surface area contributed by atoms with Crippen LogP contribution in [0.3, 0.4) is 0 Å². The number of aryl methyl sites for hydroxylation is 1. The van der Waals surface area contributed by atoms with Gasteiger partial charge >= 0.3 is 0 Å². The molecule has 0 aliphatic carbocycles. The molecule has 0 aliphatic rings. The minimum atomic E-state index is 0.0822. The molecule has 1 aromatic heterocycles. The maximum atomic E-state index is 11.0. The summed E-state index contributed by atoms with van der Waals surface area (Å²) in [7, 11) is 0. The van der Waals surface area contributed by atoms with E-state index in [0.29, 0.717) is 17.7 Å². The van der Waals surface area contributed by atoms with Gasteiger partial charge in [-0.05, 0) is 6.92 Å². The van der Waals surface area contributed by atoms with Crippen molar-refractivity contribution < 1.29 is 9.32 Å². The number of aromatic nitrogens is 1. The van der Waals surface area contributed by atoms with Gasteiger partial charge in [0.05, 0.1) is 11.8 Å². The standard InChI is InChI=1S/C7H9NO2/c1-3-7(9)6-4-8-10-5(6)2/h4H,3H2,1-2H3. The van der Waals surface area contributed by atoms with Crippen LogP contribution < -0.4 is 0 Å². The van der Waals surface area contributed by atoms with E-state index in [9.17, 15) is 4.79 Å². The maximum Gasteiger partial charge on any atom is 0.167 e. The molecular formula is C7H9NO2. The first kappa shape index (κ1) is 6.99. The highest BCUT2D eigenvalue weighted by atomic mass is 16.5. The number of nitrogens with zero attached hydrogens (tertiary/aromatic N) is 1. The molecule has 0 fully saturated rings. The summed E-state index contributed by atoms with van der Waals surface area (Å²) in [6.45, 7) is 3.55. The van der Waals surface area contributed by atoms with Crippen molar-refractivity contribution in [3.63, 3.8) is 0 Å². The molecule has 0 saturated carbocycles. The summed E-state index contributed by atoms with van der Waals surface area (Å²) in [6.07, 6.45) is 1.96. The van der Waals surface area contributed by atoms with Gasteiger partial charge in [-0.2, -0.15) is 0 Å². The Balaban J connectivity index is 2.93. The highest BCUT2D eigenvalue weighted by molar-refractivity contribution is 5.96. The summed E-state index contributed by atoms with van der Waals surface area (Å²) in [5.74, 6) is 0.686. The number of Topliss-reactive ketones (excluding diaryl/α,β-unsaturated/α-hetero) is 1. The molecular weight excluding hydrogens is 130 g/mol. The van der Waals surface area contributed by atoms with Crippen LogP contribution in [-0.4, -0.2) is 10.9 Å². The molecule has 0 N–H and O–H groups in total. The molecule has 1 heterocycles. The van der Waals surface area contributed by atoms with E-state index in [1.165, 1.54) is 6.20 Å². The molecule has 0 spiro atoms. The second kappa shape index (κ2) is 2.64. The van der Waals surface area contributed by atoms with E-state index in [4.69, 9.17) is 4.52 Å². The molecule has 1 rings (SSSR count). The lowest BCUT2D eigenvalue weighted by atomic mass is 10.1. The Labute approximate surface area is 59.0 Å². The molecule has 3 heteroatoms. The van der Waals surface area contributed by atoms with E-state index in [-0.39, 0.29) is 5.78 Å². The molecule has 0 saturated heterocycles. The van der Waals surface area contributed by atoms with Crippen LogP contribution in [0.5, 0.6) is 0 Å². The van der Waals surface area contributed by atoms with E-state index in [2.05, 4.69) is 5.16 Å². The van der Waals surface area contributed by atoms with Crippen LogP contribution in [0.2, 0.25) is 0 Å². The van der Waals surface area contributed by atoms with Gasteiger partial charge in [0.15, 0.2) is 5.78 Å². The molecule has 3 nitrogen and oxygen atoms in total. The zero-order chi connectivity index (χ0) is 7.56. The average molecular weight is 139 g/mol. The van der Waals surface area contributed by atoms with Crippen molar-refractivity contribution in [2.45, 2.75) is 20.3 Å². The van der Waals surface area contributed by atoms with Gasteiger partial charge in [-0.1, -0.05) is 12.1 Å². The van der Waals surface area contributed by atoms with Crippen molar-refractivity contribution in [2.75, 3.05) is 0 Å². The Kier molecular flexibility index (Phi) is 1.85. The molecule has 0 atom stereocenters. The summed E-state index contributed by atoms with van der Waals surface area (Å²) in [5.41, 5.74) is 0.600. The van der Waals surface area contributed by atoms with Crippen LogP contribution >= 0.6 is 0 Å². The first-order valence-corrected chi connectivity index (χ1v) is 3.20. The summed E-state index contributed by atoms with van der Waals surface area (Å²) in [6, 6.07) is 0. The van der Waals surface area contributed by atoms with Crippen LogP contribution in [-0.2, 0) is 0 Å². The lowest BCUT2D eigenvalue weighted by Gasteiger charge is -1.89. The Hall–Kier alpha value is -1.12. The van der Waals surface area contributed by atoms with Gasteiger partial charge in [0.25, 0.3) is 0 Å². The molecule has 1 aromatic rings. The Morgan fingerprint density at radius 1 is 1.80 bits per heavy atom. The fourth-order valence-corrected chi connectivity index (χ4v) is 0.757. The third-order valence-corrected chi connectivity index (χ3v) is 1.37. The van der Waals surface area contributed by atoms with Crippen LogP contribution in [0, 0.1) is 6.92 Å². The average Bonchev–Trinajstić information content (AvgIpc) is 2.34. The highest BCUT2D eigenvalue weighted by Crippen LogP contribution is 2.07. The van der Waals surface area contributed by atoms with E-state index in [1.54, 1.807) is 6.92 Å². The molecule has 0 amide bonds. The Bertz CT molecular complexity index is 240. The second-order valence-electron chi connectivity index (χ2n) is 2.07. The van der Waals surface area contributed by atoms with Gasteiger partial charge in [0, 0.05) is 6.42 Å². The van der Waals surface area contributed by atoms with Crippen molar-refractivity contribution >= 4 is 5.78 Å². The summed E-state index contributed by atoms with van der Waals surface area (Å²) < 4.78 is 4.72. The van der Waals surface area contributed by atoms with Crippen LogP contribution in [0.1, 0.15) is 29.5 Å². The molecule has 0 aromatic carbocycles. The van der Waals surface area contributed by atoms with Gasteiger partial charge in [-0.3, -0.25) is 4.79 Å². The number of ketones is 1. The van der Waals surface area contributed by atoms with Crippen LogP contribution in [0.4, 0.5) is 0 Å². The fraction of sp³-hybridized carbons (Fsp3) is 0.429. The van der Waals surface area contributed by atoms with E-state index in [0.717, 1.165) is 0 Å². The summed E-state index contributed by atoms with van der Waals surface area (Å²) in [5, 5.41) is 3.49. The first-order valence-electron chi connectivity index (χ1n) is 3.20. The molecule has 54 valence electrons. The van der Waals surface area contributed by atoms with Gasteiger partial charge < -0.3 is 4.52 Å². The van der Waals surface area contributed by atoms with E-state index in [1.807, 2.05) is 6.92 Å². The quantitative estimate of drug-likeness (QED) is 0.584. The van der Waals surface area contributed by atoms with Gasteiger partial charge in [0.2, 0.25) is 0 Å². The van der Waals surface area contributed by atoms with Gasteiger partial charge in [0.1, 0.15) is 5.76 Å².